The highest BCUT2D eigenvalue weighted by Gasteiger charge is 2.39. The van der Waals surface area contributed by atoms with Crippen molar-refractivity contribution in [2.45, 2.75) is 18.6 Å². The number of piperidine rings is 1. The van der Waals surface area contributed by atoms with Crippen LogP contribution in [0.5, 0.6) is 5.75 Å². The van der Waals surface area contributed by atoms with Gasteiger partial charge in [-0.2, -0.15) is 5.26 Å². The second-order valence-corrected chi connectivity index (χ2v) is 5.43. The Morgan fingerprint density at radius 3 is 2.43 bits per heavy atom. The number of nitriles is 1. The van der Waals surface area contributed by atoms with E-state index in [9.17, 15) is 0 Å². The summed E-state index contributed by atoms with van der Waals surface area (Å²) in [5, 5.41) is 8.74. The van der Waals surface area contributed by atoms with Gasteiger partial charge in [-0.1, -0.05) is 0 Å². The van der Waals surface area contributed by atoms with Crippen LogP contribution >= 0.6 is 0 Å². The number of rotatable bonds is 4. The van der Waals surface area contributed by atoms with E-state index >= 15 is 0 Å². The lowest BCUT2D eigenvalue weighted by Crippen LogP contribution is -2.46. The first kappa shape index (κ1) is 14.3. The Bertz CT molecular complexity index is 493. The van der Waals surface area contributed by atoms with E-state index in [0.29, 0.717) is 12.2 Å². The highest BCUT2D eigenvalue weighted by Crippen LogP contribution is 2.31. The molecule has 0 amide bonds. The largest absolute Gasteiger partial charge is 0.492 e. The molecule has 1 spiro atoms. The van der Waals surface area contributed by atoms with Gasteiger partial charge in [-0.3, -0.25) is 4.90 Å². The van der Waals surface area contributed by atoms with Gasteiger partial charge < -0.3 is 14.2 Å². The molecule has 0 unspecified atom stereocenters. The van der Waals surface area contributed by atoms with Crippen molar-refractivity contribution in [3.63, 3.8) is 0 Å². The van der Waals surface area contributed by atoms with Crippen LogP contribution in [0.3, 0.4) is 0 Å². The standard InChI is InChI=1S/C16H20N2O3/c17-13-14-1-3-15(4-2-14)19-10-9-18-7-5-16(6-8-18)20-11-12-21-16/h1-4H,5-12H2. The Morgan fingerprint density at radius 1 is 1.14 bits per heavy atom. The molecule has 3 rings (SSSR count). The average molecular weight is 288 g/mol. The molecule has 0 atom stereocenters. The topological polar surface area (TPSA) is 54.7 Å². The van der Waals surface area contributed by atoms with Crippen LogP contribution in [0, 0.1) is 11.3 Å². The van der Waals surface area contributed by atoms with E-state index in [1.807, 2.05) is 12.1 Å². The minimum Gasteiger partial charge on any atom is -0.492 e. The van der Waals surface area contributed by atoms with E-state index < -0.39 is 0 Å². The maximum Gasteiger partial charge on any atom is 0.170 e. The molecule has 5 nitrogen and oxygen atoms in total. The quantitative estimate of drug-likeness (QED) is 0.845. The van der Waals surface area contributed by atoms with Gasteiger partial charge in [0.1, 0.15) is 12.4 Å². The molecule has 5 heteroatoms. The smallest absolute Gasteiger partial charge is 0.170 e. The summed E-state index contributed by atoms with van der Waals surface area (Å²) >= 11 is 0. The summed E-state index contributed by atoms with van der Waals surface area (Å²) < 4.78 is 17.1. The third-order valence-electron chi connectivity index (χ3n) is 4.09. The molecule has 0 bridgehead atoms. The fourth-order valence-corrected chi connectivity index (χ4v) is 2.82. The molecule has 2 aliphatic rings. The van der Waals surface area contributed by atoms with Crippen molar-refractivity contribution in [3.05, 3.63) is 29.8 Å². The molecule has 2 heterocycles. The first-order valence-corrected chi connectivity index (χ1v) is 7.43. The van der Waals surface area contributed by atoms with Crippen molar-refractivity contribution in [2.75, 3.05) is 39.5 Å². The van der Waals surface area contributed by atoms with E-state index in [1.54, 1.807) is 12.1 Å². The SMILES string of the molecule is N#Cc1ccc(OCCN2CCC3(CC2)OCCO3)cc1. The molecule has 2 aliphatic heterocycles. The summed E-state index contributed by atoms with van der Waals surface area (Å²) in [5.74, 6) is 0.509. The van der Waals surface area contributed by atoms with E-state index in [4.69, 9.17) is 19.5 Å². The molecule has 1 aromatic carbocycles. The molecular formula is C16H20N2O3. The van der Waals surface area contributed by atoms with Gasteiger partial charge in [0.2, 0.25) is 0 Å². The Labute approximate surface area is 125 Å². The van der Waals surface area contributed by atoms with E-state index in [0.717, 1.165) is 51.4 Å². The van der Waals surface area contributed by atoms with Gasteiger partial charge in [-0.05, 0) is 24.3 Å². The van der Waals surface area contributed by atoms with Gasteiger partial charge >= 0.3 is 0 Å². The van der Waals surface area contributed by atoms with Gasteiger partial charge in [0.05, 0.1) is 24.8 Å². The number of ether oxygens (including phenoxy) is 3. The molecule has 0 radical (unpaired) electrons. The fraction of sp³-hybridized carbons (Fsp3) is 0.562. The number of nitrogens with zero attached hydrogens (tertiary/aromatic N) is 2. The Hall–Kier alpha value is -1.61. The molecule has 2 saturated heterocycles. The molecular weight excluding hydrogens is 268 g/mol. The zero-order valence-corrected chi connectivity index (χ0v) is 12.1. The third kappa shape index (κ3) is 3.53. The highest BCUT2D eigenvalue weighted by atomic mass is 16.7. The zero-order valence-electron chi connectivity index (χ0n) is 12.1. The van der Waals surface area contributed by atoms with Crippen molar-refractivity contribution < 1.29 is 14.2 Å². The van der Waals surface area contributed by atoms with Gasteiger partial charge in [-0.15, -0.1) is 0 Å². The first-order chi connectivity index (χ1) is 10.3. The van der Waals surface area contributed by atoms with Gasteiger partial charge in [0, 0.05) is 32.5 Å². The summed E-state index contributed by atoms with van der Waals surface area (Å²) in [6, 6.07) is 9.32. The molecule has 0 N–H and O–H groups in total. The minimum absolute atomic E-state index is 0.301. The second-order valence-electron chi connectivity index (χ2n) is 5.43. The summed E-state index contributed by atoms with van der Waals surface area (Å²) in [5.41, 5.74) is 0.653. The molecule has 1 aromatic rings. The predicted molar refractivity (Wildman–Crippen MR) is 77.0 cm³/mol. The summed E-state index contributed by atoms with van der Waals surface area (Å²) in [6.45, 7) is 4.97. The van der Waals surface area contributed by atoms with Gasteiger partial charge in [0.25, 0.3) is 0 Å². The summed E-state index contributed by atoms with van der Waals surface area (Å²) in [7, 11) is 0. The molecule has 21 heavy (non-hydrogen) atoms. The second kappa shape index (κ2) is 6.44. The number of benzene rings is 1. The van der Waals surface area contributed by atoms with Crippen molar-refractivity contribution in [2.24, 2.45) is 0 Å². The summed E-state index contributed by atoms with van der Waals surface area (Å²) in [4.78, 5) is 2.37. The third-order valence-corrected chi connectivity index (χ3v) is 4.09. The van der Waals surface area contributed by atoms with Crippen molar-refractivity contribution in [1.29, 1.82) is 5.26 Å². The van der Waals surface area contributed by atoms with Gasteiger partial charge in [-0.25, -0.2) is 0 Å². The van der Waals surface area contributed by atoms with Crippen LogP contribution in [-0.2, 0) is 9.47 Å². The Kier molecular flexibility index (Phi) is 4.39. The van der Waals surface area contributed by atoms with Crippen molar-refractivity contribution >= 4 is 0 Å². The van der Waals surface area contributed by atoms with Crippen LogP contribution in [-0.4, -0.2) is 50.1 Å². The molecule has 0 aromatic heterocycles. The molecule has 112 valence electrons. The Balaban J connectivity index is 1.39. The van der Waals surface area contributed by atoms with Gasteiger partial charge in [0.15, 0.2) is 5.79 Å². The van der Waals surface area contributed by atoms with Crippen LogP contribution in [0.25, 0.3) is 0 Å². The van der Waals surface area contributed by atoms with Crippen LogP contribution in [0.1, 0.15) is 18.4 Å². The monoisotopic (exact) mass is 288 g/mol. The highest BCUT2D eigenvalue weighted by molar-refractivity contribution is 5.34. The van der Waals surface area contributed by atoms with E-state index in [1.165, 1.54) is 0 Å². The zero-order chi connectivity index (χ0) is 14.5. The fourth-order valence-electron chi connectivity index (χ4n) is 2.82. The van der Waals surface area contributed by atoms with Crippen molar-refractivity contribution in [3.8, 4) is 11.8 Å². The lowest BCUT2D eigenvalue weighted by atomic mass is 10.0. The van der Waals surface area contributed by atoms with E-state index in [-0.39, 0.29) is 5.79 Å². The molecule has 0 aliphatic carbocycles. The maximum atomic E-state index is 8.74. The minimum atomic E-state index is -0.301. The Morgan fingerprint density at radius 2 is 1.81 bits per heavy atom. The van der Waals surface area contributed by atoms with Crippen LogP contribution in [0.2, 0.25) is 0 Å². The number of hydrogen-bond acceptors (Lipinski definition) is 5. The normalized spacial score (nSPS) is 21.3. The predicted octanol–water partition coefficient (Wildman–Crippen LogP) is 1.78. The van der Waals surface area contributed by atoms with Crippen molar-refractivity contribution in [1.82, 2.24) is 4.90 Å². The maximum absolute atomic E-state index is 8.74. The van der Waals surface area contributed by atoms with Crippen LogP contribution < -0.4 is 4.74 Å². The molecule has 2 fully saturated rings. The lowest BCUT2D eigenvalue weighted by Gasteiger charge is -2.37. The average Bonchev–Trinajstić information content (AvgIpc) is 2.98. The summed E-state index contributed by atoms with van der Waals surface area (Å²) in [6.07, 6.45) is 1.87. The van der Waals surface area contributed by atoms with E-state index in [2.05, 4.69) is 11.0 Å². The number of likely N-dealkylation sites (tertiary alicyclic amines) is 1. The number of hydrogen-bond donors (Lipinski definition) is 0. The first-order valence-electron chi connectivity index (χ1n) is 7.43. The lowest BCUT2D eigenvalue weighted by molar-refractivity contribution is -0.185. The molecule has 0 saturated carbocycles. The van der Waals surface area contributed by atoms with Crippen LogP contribution in [0.15, 0.2) is 24.3 Å². The van der Waals surface area contributed by atoms with Crippen LogP contribution in [0.4, 0.5) is 0 Å².